The zero-order valence-electron chi connectivity index (χ0n) is 13.1. The number of rotatable bonds is 4. The Morgan fingerprint density at radius 3 is 2.56 bits per heavy atom. The van der Waals surface area contributed by atoms with Crippen LogP contribution in [0, 0.1) is 17.0 Å². The first-order valence-corrected chi connectivity index (χ1v) is 8.53. The van der Waals surface area contributed by atoms with Crippen LogP contribution < -0.4 is 5.43 Å². The zero-order chi connectivity index (χ0) is 18.0. The lowest BCUT2D eigenvalue weighted by molar-refractivity contribution is -0.384. The van der Waals surface area contributed by atoms with Crippen LogP contribution in [0.25, 0.3) is 6.08 Å². The SMILES string of the molecule is Cc1ccc(/C=C2/SC(=S)N(Nc3ccccc3[N+](=O)[O-])C2=O)cc1. The molecule has 1 N–H and O–H groups in total. The van der Waals surface area contributed by atoms with Gasteiger partial charge in [0.15, 0.2) is 4.32 Å². The molecule has 0 spiro atoms. The highest BCUT2D eigenvalue weighted by Crippen LogP contribution is 2.34. The van der Waals surface area contributed by atoms with E-state index in [9.17, 15) is 14.9 Å². The molecule has 1 fully saturated rings. The smallest absolute Gasteiger partial charge is 0.283 e. The molecule has 1 aliphatic heterocycles. The number of thiocarbonyl (C=S) groups is 1. The van der Waals surface area contributed by atoms with Gasteiger partial charge in [-0.25, -0.2) is 5.01 Å². The summed E-state index contributed by atoms with van der Waals surface area (Å²) in [5.41, 5.74) is 4.85. The molecule has 1 amide bonds. The van der Waals surface area contributed by atoms with Crippen LogP contribution in [0.15, 0.2) is 53.4 Å². The van der Waals surface area contributed by atoms with Crippen LogP contribution in [0.4, 0.5) is 11.4 Å². The first kappa shape index (κ1) is 17.1. The van der Waals surface area contributed by atoms with Gasteiger partial charge in [0, 0.05) is 6.07 Å². The first-order chi connectivity index (χ1) is 12.0. The zero-order valence-corrected chi connectivity index (χ0v) is 14.8. The number of anilines is 1. The lowest BCUT2D eigenvalue weighted by atomic mass is 10.1. The van der Waals surface area contributed by atoms with E-state index in [0.717, 1.165) is 27.9 Å². The fraction of sp³-hybridized carbons (Fsp3) is 0.0588. The third-order valence-electron chi connectivity index (χ3n) is 3.50. The molecule has 126 valence electrons. The van der Waals surface area contributed by atoms with Crippen LogP contribution in [0.5, 0.6) is 0 Å². The largest absolute Gasteiger partial charge is 0.294 e. The lowest BCUT2D eigenvalue weighted by Crippen LogP contribution is -2.34. The minimum Gasteiger partial charge on any atom is -0.283 e. The standard InChI is InChI=1S/C17H13N3O3S2/c1-11-6-8-12(9-7-11)10-15-16(21)19(17(24)25-15)18-13-4-2-3-5-14(13)20(22)23/h2-10,18H,1H3/b15-10+. The Bertz CT molecular complexity index is 894. The van der Waals surface area contributed by atoms with Crippen molar-refractivity contribution in [2.24, 2.45) is 0 Å². The van der Waals surface area contributed by atoms with E-state index in [-0.39, 0.29) is 17.3 Å². The number of thioether (sulfide) groups is 1. The van der Waals surface area contributed by atoms with Crippen LogP contribution in [0.2, 0.25) is 0 Å². The fourth-order valence-electron chi connectivity index (χ4n) is 2.23. The average Bonchev–Trinajstić information content (AvgIpc) is 2.85. The molecule has 25 heavy (non-hydrogen) atoms. The minimum absolute atomic E-state index is 0.126. The van der Waals surface area contributed by atoms with Crippen molar-refractivity contribution in [2.45, 2.75) is 6.92 Å². The van der Waals surface area contributed by atoms with Gasteiger partial charge in [0.1, 0.15) is 5.69 Å². The second kappa shape index (κ2) is 7.04. The number of para-hydroxylation sites is 2. The van der Waals surface area contributed by atoms with Gasteiger partial charge in [0.25, 0.3) is 11.6 Å². The molecule has 1 saturated heterocycles. The monoisotopic (exact) mass is 371 g/mol. The number of nitro benzene ring substituents is 1. The fourth-order valence-corrected chi connectivity index (χ4v) is 3.41. The maximum atomic E-state index is 12.6. The van der Waals surface area contributed by atoms with E-state index in [4.69, 9.17) is 12.2 Å². The molecule has 2 aromatic rings. The van der Waals surface area contributed by atoms with Crippen molar-refractivity contribution in [3.63, 3.8) is 0 Å². The van der Waals surface area contributed by atoms with Gasteiger partial charge in [-0.1, -0.05) is 53.7 Å². The molecule has 2 aromatic carbocycles. The van der Waals surface area contributed by atoms with Crippen molar-refractivity contribution in [3.05, 3.63) is 74.7 Å². The van der Waals surface area contributed by atoms with Crippen molar-refractivity contribution in [2.75, 3.05) is 5.43 Å². The second-order valence-electron chi connectivity index (χ2n) is 5.31. The summed E-state index contributed by atoms with van der Waals surface area (Å²) in [6, 6.07) is 13.8. The van der Waals surface area contributed by atoms with E-state index < -0.39 is 4.92 Å². The van der Waals surface area contributed by atoms with Gasteiger partial charge >= 0.3 is 0 Å². The summed E-state index contributed by atoms with van der Waals surface area (Å²) in [4.78, 5) is 23.6. The maximum absolute atomic E-state index is 12.6. The summed E-state index contributed by atoms with van der Waals surface area (Å²) in [5.74, 6) is -0.339. The summed E-state index contributed by atoms with van der Waals surface area (Å²) >= 11 is 6.39. The molecule has 0 aromatic heterocycles. The van der Waals surface area contributed by atoms with Gasteiger partial charge < -0.3 is 0 Å². The molecule has 0 aliphatic carbocycles. The number of aryl methyl sites for hydroxylation is 1. The minimum atomic E-state index is -0.512. The van der Waals surface area contributed by atoms with Crippen molar-refractivity contribution in [3.8, 4) is 0 Å². The predicted octanol–water partition coefficient (Wildman–Crippen LogP) is 4.13. The Kier molecular flexibility index (Phi) is 4.82. The van der Waals surface area contributed by atoms with Crippen LogP contribution in [-0.2, 0) is 4.79 Å². The number of nitrogens with one attached hydrogen (secondary N) is 1. The second-order valence-corrected chi connectivity index (χ2v) is 6.99. The number of carbonyl (C=O) groups excluding carboxylic acids is 1. The molecule has 0 saturated carbocycles. The van der Waals surface area contributed by atoms with E-state index >= 15 is 0 Å². The highest BCUT2D eigenvalue weighted by molar-refractivity contribution is 8.26. The number of benzene rings is 2. The number of hydrogen-bond acceptors (Lipinski definition) is 6. The summed E-state index contributed by atoms with van der Waals surface area (Å²) < 4.78 is 0.293. The quantitative estimate of drug-likeness (QED) is 0.377. The van der Waals surface area contributed by atoms with Gasteiger partial charge in [-0.2, -0.15) is 0 Å². The van der Waals surface area contributed by atoms with Gasteiger partial charge in [0.2, 0.25) is 0 Å². The number of nitrogens with zero attached hydrogens (tertiary/aromatic N) is 2. The van der Waals surface area contributed by atoms with E-state index in [2.05, 4.69) is 5.43 Å². The molecular formula is C17H13N3O3S2. The van der Waals surface area contributed by atoms with Crippen molar-refractivity contribution >= 4 is 51.7 Å². The van der Waals surface area contributed by atoms with Crippen LogP contribution in [0.3, 0.4) is 0 Å². The van der Waals surface area contributed by atoms with Gasteiger partial charge in [-0.05, 0) is 36.8 Å². The van der Waals surface area contributed by atoms with Crippen molar-refractivity contribution < 1.29 is 9.72 Å². The predicted molar refractivity (Wildman–Crippen MR) is 103 cm³/mol. The average molecular weight is 371 g/mol. The number of hydrazine groups is 1. The Balaban J connectivity index is 1.85. The lowest BCUT2D eigenvalue weighted by Gasteiger charge is -2.16. The van der Waals surface area contributed by atoms with Crippen molar-refractivity contribution in [1.29, 1.82) is 0 Å². The Hall–Kier alpha value is -2.71. The number of nitro groups is 1. The van der Waals surface area contributed by atoms with Crippen molar-refractivity contribution in [1.82, 2.24) is 5.01 Å². The molecule has 1 heterocycles. The highest BCUT2D eigenvalue weighted by Gasteiger charge is 2.33. The third-order valence-corrected chi connectivity index (χ3v) is 4.80. The number of amides is 1. The van der Waals surface area contributed by atoms with Crippen LogP contribution in [0.1, 0.15) is 11.1 Å². The molecule has 1 aliphatic rings. The van der Waals surface area contributed by atoms with E-state index in [0.29, 0.717) is 9.23 Å². The Morgan fingerprint density at radius 2 is 1.88 bits per heavy atom. The molecule has 3 rings (SSSR count). The highest BCUT2D eigenvalue weighted by atomic mass is 32.2. The summed E-state index contributed by atoms with van der Waals surface area (Å²) in [6.07, 6.45) is 1.75. The van der Waals surface area contributed by atoms with E-state index in [1.165, 1.54) is 12.1 Å². The molecule has 0 bridgehead atoms. The van der Waals surface area contributed by atoms with Gasteiger partial charge in [0.05, 0.1) is 9.83 Å². The van der Waals surface area contributed by atoms with Crippen LogP contribution >= 0.6 is 24.0 Å². The van der Waals surface area contributed by atoms with Gasteiger partial charge in [-0.15, -0.1) is 0 Å². The molecule has 8 heteroatoms. The molecule has 0 radical (unpaired) electrons. The summed E-state index contributed by atoms with van der Waals surface area (Å²) in [7, 11) is 0. The molecule has 0 atom stereocenters. The Morgan fingerprint density at radius 1 is 1.20 bits per heavy atom. The third kappa shape index (κ3) is 3.70. The maximum Gasteiger partial charge on any atom is 0.294 e. The normalized spacial score (nSPS) is 15.7. The first-order valence-electron chi connectivity index (χ1n) is 7.30. The summed E-state index contributed by atoms with van der Waals surface area (Å²) in [6.45, 7) is 1.99. The molecular weight excluding hydrogens is 358 g/mol. The number of hydrogen-bond donors (Lipinski definition) is 1. The van der Waals surface area contributed by atoms with Crippen LogP contribution in [-0.4, -0.2) is 20.2 Å². The van der Waals surface area contributed by atoms with E-state index in [1.807, 2.05) is 31.2 Å². The summed E-state index contributed by atoms with van der Waals surface area (Å²) in [5, 5.41) is 12.3. The Labute approximate surface area is 153 Å². The molecule has 6 nitrogen and oxygen atoms in total. The number of carbonyl (C=O) groups is 1. The van der Waals surface area contributed by atoms with E-state index in [1.54, 1.807) is 18.2 Å². The molecule has 0 unspecified atom stereocenters. The topological polar surface area (TPSA) is 75.5 Å². The van der Waals surface area contributed by atoms with Gasteiger partial charge in [-0.3, -0.25) is 20.3 Å².